The summed E-state index contributed by atoms with van der Waals surface area (Å²) in [7, 11) is 2.92. The number of hydrogen-bond donors (Lipinski definition) is 2. The van der Waals surface area contributed by atoms with Gasteiger partial charge in [-0.3, -0.25) is 24.1 Å². The summed E-state index contributed by atoms with van der Waals surface area (Å²) in [5.41, 5.74) is 0.830. The van der Waals surface area contributed by atoms with Crippen LogP contribution in [0.4, 0.5) is 22.8 Å². The van der Waals surface area contributed by atoms with Crippen molar-refractivity contribution in [3.8, 4) is 11.5 Å². The van der Waals surface area contributed by atoms with Crippen LogP contribution in [-0.4, -0.2) is 145 Å². The Bertz CT molecular complexity index is 2670. The number of benzene rings is 2. The highest BCUT2D eigenvalue weighted by Gasteiger charge is 2.42. The Hall–Kier alpha value is -6.14. The summed E-state index contributed by atoms with van der Waals surface area (Å²) < 4.78 is 58.4. The molecule has 2 aliphatic rings. The number of alkyl halides is 1. The first kappa shape index (κ1) is 55.2. The first-order valence-electron chi connectivity index (χ1n) is 25.0. The number of halogens is 3. The molecule has 0 bridgehead atoms. The molecule has 2 aromatic heterocycles. The number of amides is 5. The number of ether oxygens (including phenoxy) is 2. The van der Waals surface area contributed by atoms with Crippen molar-refractivity contribution in [3.63, 3.8) is 0 Å². The lowest BCUT2D eigenvalue weighted by molar-refractivity contribution is -0.139. The summed E-state index contributed by atoms with van der Waals surface area (Å²) >= 11 is 0. The zero-order valence-corrected chi connectivity index (χ0v) is 44.0. The van der Waals surface area contributed by atoms with Gasteiger partial charge in [-0.2, -0.15) is 0 Å². The molecule has 2 saturated heterocycles. The fraction of sp³-hybridized carbons (Fsp3) is 0.604. The van der Waals surface area contributed by atoms with Crippen molar-refractivity contribution in [1.82, 2.24) is 39.5 Å². The van der Waals surface area contributed by atoms with Gasteiger partial charge in [0.1, 0.15) is 41.1 Å². The average Bonchev–Trinajstić information content (AvgIpc) is 4.08. The molecule has 0 unspecified atom stereocenters. The van der Waals surface area contributed by atoms with Crippen LogP contribution in [0.15, 0.2) is 36.4 Å². The molecular weight excluding hydrogens is 934 g/mol. The highest BCUT2D eigenvalue weighted by atomic mass is 19.1. The van der Waals surface area contributed by atoms with Crippen molar-refractivity contribution in [3.05, 3.63) is 53.6 Å². The van der Waals surface area contributed by atoms with Gasteiger partial charge in [0.2, 0.25) is 17.7 Å². The molecule has 7 atom stereocenters. The molecule has 6 rings (SSSR count). The van der Waals surface area contributed by atoms with Crippen LogP contribution in [0.3, 0.4) is 0 Å². The smallest absolute Gasteiger partial charge is 0.410 e. The third-order valence-electron chi connectivity index (χ3n) is 13.8. The molecule has 0 radical (unpaired) electrons. The van der Waals surface area contributed by atoms with Gasteiger partial charge >= 0.3 is 12.2 Å². The van der Waals surface area contributed by atoms with E-state index in [2.05, 4.69) is 10.3 Å². The van der Waals surface area contributed by atoms with Crippen LogP contribution < -0.4 is 5.32 Å². The summed E-state index contributed by atoms with van der Waals surface area (Å²) in [5.74, 6) is -3.41. The zero-order chi connectivity index (χ0) is 53.3. The van der Waals surface area contributed by atoms with Crippen LogP contribution >= 0.6 is 0 Å². The lowest BCUT2D eigenvalue weighted by Gasteiger charge is -2.33. The van der Waals surface area contributed by atoms with E-state index in [9.17, 15) is 37.5 Å². The predicted octanol–water partition coefficient (Wildman–Crippen LogP) is 8.57. The van der Waals surface area contributed by atoms with Gasteiger partial charge in [0, 0.05) is 69.0 Å². The normalized spacial score (nSPS) is 19.1. The minimum Gasteiger partial charge on any atom is -0.444 e. The third-order valence-corrected chi connectivity index (χ3v) is 13.8. The van der Waals surface area contributed by atoms with Gasteiger partial charge in [-0.1, -0.05) is 20.8 Å². The first-order chi connectivity index (χ1) is 33.6. The number of hydrogen-bond acceptors (Lipinski definition) is 9. The number of aromatic nitrogens is 3. The number of nitrogens with one attached hydrogen (secondary N) is 2. The van der Waals surface area contributed by atoms with Crippen LogP contribution in [0.25, 0.3) is 33.5 Å². The lowest BCUT2D eigenvalue weighted by Crippen LogP contribution is -2.57. The quantitative estimate of drug-likeness (QED) is 0.111. The molecular formula is C53H73F3N8O8. The van der Waals surface area contributed by atoms with Gasteiger partial charge in [-0.25, -0.2) is 27.7 Å². The van der Waals surface area contributed by atoms with Crippen LogP contribution in [0.1, 0.15) is 114 Å². The van der Waals surface area contributed by atoms with E-state index in [-0.39, 0.29) is 49.2 Å². The molecule has 394 valence electrons. The molecule has 2 N–H and O–H groups in total. The number of fused-ring (bicyclic) bond motifs is 2. The maximum Gasteiger partial charge on any atom is 0.410 e. The number of Topliss-reactive ketones (excluding diaryl/α,β-unsaturated/α-hetero) is 1. The van der Waals surface area contributed by atoms with E-state index in [4.69, 9.17) is 14.5 Å². The highest BCUT2D eigenvalue weighted by Crippen LogP contribution is 2.37. The molecule has 2 aromatic carbocycles. The van der Waals surface area contributed by atoms with Gasteiger partial charge in [-0.15, -0.1) is 0 Å². The van der Waals surface area contributed by atoms with Crippen molar-refractivity contribution in [2.75, 3.05) is 27.2 Å². The van der Waals surface area contributed by atoms with Crippen molar-refractivity contribution in [2.45, 2.75) is 169 Å². The first-order valence-corrected chi connectivity index (χ1v) is 25.0. The van der Waals surface area contributed by atoms with E-state index in [0.29, 0.717) is 65.7 Å². The number of nitrogens with zero attached hydrogens (tertiary/aromatic N) is 6. The van der Waals surface area contributed by atoms with Crippen LogP contribution in [0.2, 0.25) is 0 Å². The third kappa shape index (κ3) is 12.5. The standard InChI is InChI=1S/C53H73F3N8O8/c1-14-32(22-43(65)30(4)60(12)50(69)71-52(6,7)8)48(67)62-21-15-16-36(62)26-39-38-19-17-33(54)24-40(38)57-45(39)46-58-41-25-34(55)18-20-42(41)64(46)28-37-23-35(56)27-63(37)49(68)44(29(2)3)59-47(66)31(5)61(13)51(70)72-53(9,10)11/h17-20,24-25,29-32,35-37,44,57H,14-16,21-23,26-28H2,1-13H3,(H,59,66)/t30-,31-,32+,35-,36-,37-,44-/m0/s1. The van der Waals surface area contributed by atoms with Gasteiger partial charge in [0.15, 0.2) is 11.6 Å². The molecule has 16 nitrogen and oxygen atoms in total. The SMILES string of the molecule is CC[C@H](CC(=O)[C@H](C)N(C)C(=O)OC(C)(C)C)C(=O)N1CCC[C@H]1Cc1c(-c2nc3cc(F)ccc3n2C[C@@H]2C[C@H](F)CN2C(=O)[C@@H](NC(=O)[C@H](C)N(C)C(=O)OC(C)(C)C)C(C)C)[nH]c2cc(F)ccc12. The van der Waals surface area contributed by atoms with Gasteiger partial charge in [0.05, 0.1) is 35.4 Å². The molecule has 5 amide bonds. The number of ketones is 1. The second-order valence-electron chi connectivity index (χ2n) is 21.9. The summed E-state index contributed by atoms with van der Waals surface area (Å²) in [6, 6.07) is 4.44. The fourth-order valence-corrected chi connectivity index (χ4v) is 9.59. The Morgan fingerprint density at radius 1 is 0.847 bits per heavy atom. The number of rotatable bonds is 16. The van der Waals surface area contributed by atoms with Gasteiger partial charge in [-0.05, 0) is 123 Å². The number of carbonyl (C=O) groups excluding carboxylic acids is 6. The summed E-state index contributed by atoms with van der Waals surface area (Å²) in [6.07, 6.45) is -0.917. The van der Waals surface area contributed by atoms with E-state index < -0.39 is 89.0 Å². The second kappa shape index (κ2) is 21.9. The predicted molar refractivity (Wildman–Crippen MR) is 267 cm³/mol. The summed E-state index contributed by atoms with van der Waals surface area (Å²) in [4.78, 5) is 95.9. The van der Waals surface area contributed by atoms with E-state index >= 15 is 4.39 Å². The van der Waals surface area contributed by atoms with Crippen LogP contribution in [0, 0.1) is 23.5 Å². The molecule has 2 aliphatic heterocycles. The Labute approximate surface area is 420 Å². The maximum absolute atomic E-state index is 15.7. The van der Waals surface area contributed by atoms with E-state index in [1.54, 1.807) is 83.9 Å². The molecule has 2 fully saturated rings. The van der Waals surface area contributed by atoms with E-state index in [1.807, 2.05) is 6.92 Å². The topological polar surface area (TPSA) is 179 Å². The number of aromatic amines is 1. The number of likely N-dealkylation sites (tertiary alicyclic amines) is 2. The maximum atomic E-state index is 15.7. The summed E-state index contributed by atoms with van der Waals surface area (Å²) in [6.45, 7) is 19.0. The Morgan fingerprint density at radius 3 is 2.07 bits per heavy atom. The molecule has 0 spiro atoms. The summed E-state index contributed by atoms with van der Waals surface area (Å²) in [5, 5.41) is 3.48. The fourth-order valence-electron chi connectivity index (χ4n) is 9.59. The van der Waals surface area contributed by atoms with E-state index in [0.717, 1.165) is 4.90 Å². The van der Waals surface area contributed by atoms with Crippen molar-refractivity contribution in [2.24, 2.45) is 11.8 Å². The number of imidazole rings is 1. The Balaban J connectivity index is 1.31. The zero-order valence-electron chi connectivity index (χ0n) is 44.0. The van der Waals surface area contributed by atoms with Crippen molar-refractivity contribution < 1.29 is 51.4 Å². The number of carbonyl (C=O) groups is 6. The number of H-pyrrole nitrogens is 1. The largest absolute Gasteiger partial charge is 0.444 e. The van der Waals surface area contributed by atoms with Gasteiger partial charge in [0.25, 0.3) is 0 Å². The molecule has 72 heavy (non-hydrogen) atoms. The molecule has 4 heterocycles. The molecule has 0 aliphatic carbocycles. The van der Waals surface area contributed by atoms with Crippen molar-refractivity contribution in [1.29, 1.82) is 0 Å². The minimum atomic E-state index is -1.41. The van der Waals surface area contributed by atoms with Crippen LogP contribution in [0.5, 0.6) is 0 Å². The van der Waals surface area contributed by atoms with Crippen molar-refractivity contribution >= 4 is 57.6 Å². The lowest BCUT2D eigenvalue weighted by atomic mass is 9.93. The highest BCUT2D eigenvalue weighted by molar-refractivity contribution is 5.94. The Morgan fingerprint density at radius 2 is 1.46 bits per heavy atom. The van der Waals surface area contributed by atoms with E-state index in [1.165, 1.54) is 55.1 Å². The minimum absolute atomic E-state index is 0.00508. The van der Waals surface area contributed by atoms with Crippen LogP contribution in [-0.2, 0) is 41.6 Å². The molecule has 0 saturated carbocycles. The monoisotopic (exact) mass is 1010 g/mol. The molecule has 19 heteroatoms. The average molecular weight is 1010 g/mol. The second-order valence-corrected chi connectivity index (χ2v) is 21.9. The van der Waals surface area contributed by atoms with Gasteiger partial charge < -0.3 is 39.0 Å². The Kier molecular flexibility index (Phi) is 16.8. The number of likely N-dealkylation sites (N-methyl/N-ethyl adjacent to an activating group) is 2. The molecule has 4 aromatic rings.